The number of hydrogen-bond donors (Lipinski definition) is 2. The number of rotatable bonds is 4. The fourth-order valence-electron chi connectivity index (χ4n) is 3.73. The molecule has 0 aromatic carbocycles. The average Bonchev–Trinajstić information content (AvgIpc) is 3.20. The van der Waals surface area contributed by atoms with Gasteiger partial charge < -0.3 is 19.9 Å². The summed E-state index contributed by atoms with van der Waals surface area (Å²) in [7, 11) is 0. The Balaban J connectivity index is 1.50. The minimum absolute atomic E-state index is 0.188. The van der Waals surface area contributed by atoms with Gasteiger partial charge in [-0.05, 0) is 43.5 Å². The van der Waals surface area contributed by atoms with Crippen LogP contribution in [-0.2, 0) is 4.74 Å². The molecular formula is C22H22N6O2S. The van der Waals surface area contributed by atoms with Crippen LogP contribution in [-0.4, -0.2) is 45.7 Å². The zero-order valence-electron chi connectivity index (χ0n) is 17.3. The van der Waals surface area contributed by atoms with E-state index in [0.717, 1.165) is 46.4 Å². The smallest absolute Gasteiger partial charge is 0.259 e. The summed E-state index contributed by atoms with van der Waals surface area (Å²) in [6.45, 7) is 6.36. The number of H-pyrrole nitrogens is 1. The number of anilines is 3. The molecule has 1 aliphatic rings. The van der Waals surface area contributed by atoms with Crippen molar-refractivity contribution in [2.45, 2.75) is 20.0 Å². The van der Waals surface area contributed by atoms with Crippen molar-refractivity contribution >= 4 is 39.4 Å². The number of morpholine rings is 1. The van der Waals surface area contributed by atoms with Crippen LogP contribution < -0.4 is 15.8 Å². The highest BCUT2D eigenvalue weighted by atomic mass is 32.1. The van der Waals surface area contributed by atoms with Gasteiger partial charge in [-0.2, -0.15) is 0 Å². The van der Waals surface area contributed by atoms with Crippen molar-refractivity contribution in [3.05, 3.63) is 57.4 Å². The van der Waals surface area contributed by atoms with Gasteiger partial charge in [-0.1, -0.05) is 0 Å². The van der Waals surface area contributed by atoms with Gasteiger partial charge in [0, 0.05) is 24.7 Å². The van der Waals surface area contributed by atoms with Gasteiger partial charge >= 0.3 is 0 Å². The van der Waals surface area contributed by atoms with Gasteiger partial charge in [-0.3, -0.25) is 4.79 Å². The minimum Gasteiger partial charge on any atom is -0.375 e. The molecule has 1 fully saturated rings. The molecule has 0 unspecified atom stereocenters. The molecule has 4 aromatic heterocycles. The van der Waals surface area contributed by atoms with Crippen molar-refractivity contribution in [1.82, 2.24) is 19.9 Å². The molecule has 0 radical (unpaired) electrons. The van der Waals surface area contributed by atoms with Crippen LogP contribution in [0.25, 0.3) is 22.2 Å². The summed E-state index contributed by atoms with van der Waals surface area (Å²) in [6, 6.07) is 7.69. The first-order valence-corrected chi connectivity index (χ1v) is 11.0. The number of aromatic nitrogens is 4. The van der Waals surface area contributed by atoms with Crippen LogP contribution in [0, 0.1) is 6.92 Å². The summed E-state index contributed by atoms with van der Waals surface area (Å²) < 4.78 is 5.61. The van der Waals surface area contributed by atoms with Gasteiger partial charge in [0.1, 0.15) is 11.6 Å². The van der Waals surface area contributed by atoms with E-state index < -0.39 is 0 Å². The molecule has 4 aromatic rings. The van der Waals surface area contributed by atoms with Gasteiger partial charge in [0.25, 0.3) is 5.56 Å². The molecule has 158 valence electrons. The van der Waals surface area contributed by atoms with Crippen LogP contribution in [0.1, 0.15) is 11.9 Å². The number of fused-ring (bicyclic) bond motifs is 1. The first-order chi connectivity index (χ1) is 15.1. The quantitative estimate of drug-likeness (QED) is 0.505. The van der Waals surface area contributed by atoms with E-state index in [1.54, 1.807) is 23.7 Å². The predicted molar refractivity (Wildman–Crippen MR) is 123 cm³/mol. The number of nitrogens with one attached hydrogen (secondary N) is 2. The summed E-state index contributed by atoms with van der Waals surface area (Å²) in [5.41, 5.74) is 2.08. The van der Waals surface area contributed by atoms with E-state index in [4.69, 9.17) is 9.72 Å². The molecule has 31 heavy (non-hydrogen) atoms. The molecule has 1 saturated heterocycles. The molecule has 5 rings (SSSR count). The Morgan fingerprint density at radius 2 is 2.16 bits per heavy atom. The van der Waals surface area contributed by atoms with Crippen LogP contribution in [0.15, 0.2) is 46.8 Å². The van der Waals surface area contributed by atoms with E-state index in [9.17, 15) is 4.79 Å². The third-order valence-corrected chi connectivity index (χ3v) is 5.98. The molecular weight excluding hydrogens is 412 g/mol. The number of pyridine rings is 3. The first kappa shape index (κ1) is 19.7. The molecule has 2 N–H and O–H groups in total. The maximum Gasteiger partial charge on any atom is 0.259 e. The largest absolute Gasteiger partial charge is 0.375 e. The van der Waals surface area contributed by atoms with Crippen molar-refractivity contribution in [2.75, 3.05) is 29.9 Å². The number of ether oxygens (including phenoxy) is 1. The first-order valence-electron chi connectivity index (χ1n) is 10.1. The van der Waals surface area contributed by atoms with Crippen molar-refractivity contribution < 1.29 is 4.74 Å². The Morgan fingerprint density at radius 3 is 2.90 bits per heavy atom. The molecule has 0 saturated carbocycles. The Bertz CT molecular complexity index is 1280. The Hall–Kier alpha value is -3.30. The topological polar surface area (TPSA) is 96.0 Å². The van der Waals surface area contributed by atoms with Crippen LogP contribution >= 0.6 is 11.3 Å². The minimum atomic E-state index is -0.194. The maximum absolute atomic E-state index is 12.5. The number of thiazole rings is 1. The van der Waals surface area contributed by atoms with Gasteiger partial charge in [0.15, 0.2) is 0 Å². The van der Waals surface area contributed by atoms with Gasteiger partial charge in [-0.25, -0.2) is 15.0 Å². The number of aromatic amines is 1. The Labute approximate surface area is 183 Å². The highest BCUT2D eigenvalue weighted by Crippen LogP contribution is 2.28. The third kappa shape index (κ3) is 4.01. The van der Waals surface area contributed by atoms with Crippen LogP contribution in [0.2, 0.25) is 0 Å². The van der Waals surface area contributed by atoms with Crippen LogP contribution in [0.5, 0.6) is 0 Å². The standard InChI is InChI=1S/C22H22N6O2S/c1-13-11-28(7-8-30-13)19-4-3-16(10-24-19)26-21-20-15(5-6-23-22(20)29)9-17(27-21)18-12-31-14(2)25-18/h3-6,9-10,12-13H,7-8,11H2,1-2H3,(H,23,29)(H,26,27)/t13-/m1/s1. The zero-order valence-corrected chi connectivity index (χ0v) is 18.1. The second-order valence-electron chi connectivity index (χ2n) is 7.54. The average molecular weight is 435 g/mol. The lowest BCUT2D eigenvalue weighted by atomic mass is 10.1. The van der Waals surface area contributed by atoms with E-state index in [0.29, 0.717) is 17.8 Å². The van der Waals surface area contributed by atoms with E-state index in [1.165, 1.54) is 0 Å². The lowest BCUT2D eigenvalue weighted by Gasteiger charge is -2.32. The molecule has 9 heteroatoms. The van der Waals surface area contributed by atoms with E-state index >= 15 is 0 Å². The van der Waals surface area contributed by atoms with Crippen LogP contribution in [0.3, 0.4) is 0 Å². The van der Waals surface area contributed by atoms with E-state index in [2.05, 4.69) is 32.1 Å². The summed E-state index contributed by atoms with van der Waals surface area (Å²) >= 11 is 1.57. The van der Waals surface area contributed by atoms with Crippen molar-refractivity contribution in [2.24, 2.45) is 0 Å². The lowest BCUT2D eigenvalue weighted by Crippen LogP contribution is -2.41. The molecule has 0 bridgehead atoms. The van der Waals surface area contributed by atoms with E-state index in [-0.39, 0.29) is 11.7 Å². The highest BCUT2D eigenvalue weighted by molar-refractivity contribution is 7.09. The summed E-state index contributed by atoms with van der Waals surface area (Å²) in [4.78, 5) is 31.4. The maximum atomic E-state index is 12.5. The monoisotopic (exact) mass is 434 g/mol. The SMILES string of the molecule is Cc1nc(-c2cc3cc[nH]c(=O)c3c(Nc3ccc(N4CCO[C@H](C)C4)nc3)n2)cs1. The Kier molecular flexibility index (Phi) is 5.13. The fourth-order valence-corrected chi connectivity index (χ4v) is 4.33. The molecule has 1 atom stereocenters. The lowest BCUT2D eigenvalue weighted by molar-refractivity contribution is 0.0529. The summed E-state index contributed by atoms with van der Waals surface area (Å²) in [5.74, 6) is 1.39. The molecule has 0 aliphatic carbocycles. The van der Waals surface area contributed by atoms with Crippen molar-refractivity contribution in [1.29, 1.82) is 0 Å². The zero-order chi connectivity index (χ0) is 21.4. The normalized spacial score (nSPS) is 16.6. The number of nitrogens with zero attached hydrogens (tertiary/aromatic N) is 4. The molecule has 5 heterocycles. The number of hydrogen-bond acceptors (Lipinski definition) is 8. The second kappa shape index (κ2) is 8.09. The van der Waals surface area contributed by atoms with Crippen LogP contribution in [0.4, 0.5) is 17.3 Å². The molecule has 8 nitrogen and oxygen atoms in total. The van der Waals surface area contributed by atoms with Gasteiger partial charge in [0.2, 0.25) is 0 Å². The van der Waals surface area contributed by atoms with Gasteiger partial charge in [0.05, 0.1) is 46.4 Å². The van der Waals surface area contributed by atoms with Gasteiger partial charge in [-0.15, -0.1) is 11.3 Å². The summed E-state index contributed by atoms with van der Waals surface area (Å²) in [5, 5.41) is 7.53. The van der Waals surface area contributed by atoms with E-state index in [1.807, 2.05) is 36.6 Å². The molecule has 0 spiro atoms. The molecule has 0 amide bonds. The van der Waals surface area contributed by atoms with Crippen molar-refractivity contribution in [3.8, 4) is 11.4 Å². The van der Waals surface area contributed by atoms with Crippen molar-refractivity contribution in [3.63, 3.8) is 0 Å². The second-order valence-corrected chi connectivity index (χ2v) is 8.60. The number of aryl methyl sites for hydroxylation is 1. The predicted octanol–water partition coefficient (Wildman–Crippen LogP) is 3.72. The Morgan fingerprint density at radius 1 is 1.26 bits per heavy atom. The molecule has 1 aliphatic heterocycles. The third-order valence-electron chi connectivity index (χ3n) is 5.21. The fraction of sp³-hybridized carbons (Fsp3) is 0.273. The summed E-state index contributed by atoms with van der Waals surface area (Å²) in [6.07, 6.45) is 3.59. The highest BCUT2D eigenvalue weighted by Gasteiger charge is 2.18.